The van der Waals surface area contributed by atoms with E-state index in [4.69, 9.17) is 16.4 Å². The molecule has 14 heavy (non-hydrogen) atoms. The van der Waals surface area contributed by atoms with Crippen LogP contribution in [0.1, 0.15) is 0 Å². The number of ether oxygens (including phenoxy) is 1. The molecule has 0 atom stereocenters. The van der Waals surface area contributed by atoms with Crippen LogP contribution in [0.4, 0.5) is 10.5 Å². The third-order valence-electron chi connectivity index (χ3n) is 1.48. The molecule has 0 aliphatic rings. The van der Waals surface area contributed by atoms with Crippen molar-refractivity contribution in [3.63, 3.8) is 0 Å². The molecular formula is C8H9ClN2O3. The lowest BCUT2D eigenvalue weighted by Crippen LogP contribution is -2.29. The summed E-state index contributed by atoms with van der Waals surface area (Å²) in [7, 11) is 2.58. The number of aromatic nitrogens is 1. The zero-order valence-electron chi connectivity index (χ0n) is 7.73. The van der Waals surface area contributed by atoms with Gasteiger partial charge in [0, 0.05) is 6.20 Å². The van der Waals surface area contributed by atoms with Gasteiger partial charge < -0.3 is 4.74 Å². The molecule has 1 rings (SSSR count). The van der Waals surface area contributed by atoms with Gasteiger partial charge in [-0.2, -0.15) is 5.06 Å². The highest BCUT2D eigenvalue weighted by atomic mass is 35.5. The Kier molecular flexibility index (Phi) is 3.67. The van der Waals surface area contributed by atoms with Crippen molar-refractivity contribution in [1.29, 1.82) is 0 Å². The normalized spacial score (nSPS) is 9.64. The fourth-order valence-corrected chi connectivity index (χ4v) is 1.08. The van der Waals surface area contributed by atoms with Crippen molar-refractivity contribution in [1.82, 2.24) is 4.98 Å². The number of hydrogen-bond acceptors (Lipinski definition) is 4. The van der Waals surface area contributed by atoms with Gasteiger partial charge in [-0.3, -0.25) is 4.84 Å². The van der Waals surface area contributed by atoms with Crippen molar-refractivity contribution < 1.29 is 14.4 Å². The molecular weight excluding hydrogens is 208 g/mol. The fraction of sp³-hybridized carbons (Fsp3) is 0.250. The number of nitrogens with zero attached hydrogens (tertiary/aromatic N) is 2. The minimum absolute atomic E-state index is 0.166. The molecule has 1 aromatic rings. The minimum atomic E-state index is -0.664. The first-order valence-electron chi connectivity index (χ1n) is 3.73. The van der Waals surface area contributed by atoms with Gasteiger partial charge >= 0.3 is 6.09 Å². The summed E-state index contributed by atoms with van der Waals surface area (Å²) in [6, 6.07) is 3.23. The molecule has 5 nitrogen and oxygen atoms in total. The molecule has 0 spiro atoms. The van der Waals surface area contributed by atoms with Crippen LogP contribution in [0.15, 0.2) is 18.3 Å². The van der Waals surface area contributed by atoms with E-state index in [9.17, 15) is 4.79 Å². The predicted molar refractivity (Wildman–Crippen MR) is 51.1 cm³/mol. The third-order valence-corrected chi connectivity index (χ3v) is 1.77. The van der Waals surface area contributed by atoms with Crippen LogP contribution in [-0.2, 0) is 9.57 Å². The van der Waals surface area contributed by atoms with E-state index >= 15 is 0 Å². The van der Waals surface area contributed by atoms with Crippen molar-refractivity contribution in [3.8, 4) is 0 Å². The Bertz CT molecular complexity index is 332. The van der Waals surface area contributed by atoms with E-state index in [0.717, 1.165) is 5.06 Å². The molecule has 0 N–H and O–H groups in total. The molecule has 1 heterocycles. The zero-order valence-corrected chi connectivity index (χ0v) is 8.49. The molecule has 1 amide bonds. The molecule has 0 aliphatic heterocycles. The Hall–Kier alpha value is -1.33. The number of halogens is 1. The third kappa shape index (κ3) is 2.12. The van der Waals surface area contributed by atoms with Gasteiger partial charge in [-0.25, -0.2) is 9.78 Å². The highest BCUT2D eigenvalue weighted by Crippen LogP contribution is 2.23. The average Bonchev–Trinajstić information content (AvgIpc) is 2.21. The van der Waals surface area contributed by atoms with E-state index in [2.05, 4.69) is 9.72 Å². The number of hydroxylamine groups is 1. The van der Waals surface area contributed by atoms with Crippen molar-refractivity contribution in [2.75, 3.05) is 19.3 Å². The largest absolute Gasteiger partial charge is 0.451 e. The molecule has 0 saturated carbocycles. The number of anilines is 1. The van der Waals surface area contributed by atoms with Crippen molar-refractivity contribution >= 4 is 23.4 Å². The Morgan fingerprint density at radius 1 is 1.57 bits per heavy atom. The van der Waals surface area contributed by atoms with E-state index in [1.54, 1.807) is 12.1 Å². The fourth-order valence-electron chi connectivity index (χ4n) is 0.883. The van der Waals surface area contributed by atoms with Crippen molar-refractivity contribution in [3.05, 3.63) is 23.5 Å². The number of pyridine rings is 1. The van der Waals surface area contributed by atoms with Crippen molar-refractivity contribution in [2.45, 2.75) is 0 Å². The summed E-state index contributed by atoms with van der Waals surface area (Å²) in [5.41, 5.74) is 0.337. The molecule has 0 saturated heterocycles. The summed E-state index contributed by atoms with van der Waals surface area (Å²) in [6.45, 7) is 0. The Morgan fingerprint density at radius 2 is 2.29 bits per heavy atom. The molecule has 0 unspecified atom stereocenters. The first-order valence-corrected chi connectivity index (χ1v) is 4.11. The summed E-state index contributed by atoms with van der Waals surface area (Å²) >= 11 is 5.76. The Balaban J connectivity index is 3.01. The van der Waals surface area contributed by atoms with Gasteiger partial charge in [-0.15, -0.1) is 0 Å². The lowest BCUT2D eigenvalue weighted by atomic mass is 10.4. The maximum absolute atomic E-state index is 11.2. The number of carbonyl (C=O) groups excluding carboxylic acids is 1. The van der Waals surface area contributed by atoms with Gasteiger partial charge in [0.05, 0.1) is 14.2 Å². The number of methoxy groups -OCH3 is 1. The second kappa shape index (κ2) is 4.78. The van der Waals surface area contributed by atoms with Crippen LogP contribution in [0.5, 0.6) is 0 Å². The number of carbonyl (C=O) groups is 1. The summed E-state index contributed by atoms with van der Waals surface area (Å²) in [6.07, 6.45) is 0.846. The summed E-state index contributed by atoms with van der Waals surface area (Å²) in [5, 5.41) is 1.08. The topological polar surface area (TPSA) is 51.7 Å². The number of amides is 1. The number of rotatable bonds is 2. The van der Waals surface area contributed by atoms with Crippen LogP contribution in [0.2, 0.25) is 5.15 Å². The van der Waals surface area contributed by atoms with Crippen LogP contribution in [-0.4, -0.2) is 25.3 Å². The average molecular weight is 217 g/mol. The summed E-state index contributed by atoms with van der Waals surface area (Å²) in [4.78, 5) is 19.8. The zero-order chi connectivity index (χ0) is 10.6. The van der Waals surface area contributed by atoms with Crippen molar-refractivity contribution in [2.24, 2.45) is 0 Å². The first-order chi connectivity index (χ1) is 6.70. The second-order valence-electron chi connectivity index (χ2n) is 2.26. The van der Waals surface area contributed by atoms with Gasteiger partial charge in [0.25, 0.3) is 0 Å². The van der Waals surface area contributed by atoms with E-state index in [-0.39, 0.29) is 5.15 Å². The van der Waals surface area contributed by atoms with E-state index in [0.29, 0.717) is 5.69 Å². The molecule has 0 aliphatic carbocycles. The molecule has 1 aromatic heterocycles. The van der Waals surface area contributed by atoms with Crippen LogP contribution in [0.3, 0.4) is 0 Å². The standard InChI is InChI=1S/C8H9ClN2O3/c1-13-8(12)11(14-2)6-4-3-5-10-7(6)9/h3-5H,1-2H3. The van der Waals surface area contributed by atoms with E-state index < -0.39 is 6.09 Å². The highest BCUT2D eigenvalue weighted by molar-refractivity contribution is 6.32. The highest BCUT2D eigenvalue weighted by Gasteiger charge is 2.18. The SMILES string of the molecule is COC(=O)N(OC)c1cccnc1Cl. The van der Waals surface area contributed by atoms with Gasteiger partial charge in [-0.1, -0.05) is 11.6 Å². The van der Waals surface area contributed by atoms with Gasteiger partial charge in [-0.05, 0) is 12.1 Å². The van der Waals surface area contributed by atoms with Gasteiger partial charge in [0.15, 0.2) is 5.15 Å². The van der Waals surface area contributed by atoms with Gasteiger partial charge in [0.1, 0.15) is 5.69 Å². The van der Waals surface area contributed by atoms with Gasteiger partial charge in [0.2, 0.25) is 0 Å². The molecule has 0 aromatic carbocycles. The Morgan fingerprint density at radius 3 is 2.79 bits per heavy atom. The molecule has 0 bridgehead atoms. The molecule has 76 valence electrons. The molecule has 0 radical (unpaired) electrons. The minimum Gasteiger partial charge on any atom is -0.451 e. The lowest BCUT2D eigenvalue weighted by molar-refractivity contribution is 0.115. The first kappa shape index (κ1) is 10.7. The monoisotopic (exact) mass is 216 g/mol. The number of hydrogen-bond donors (Lipinski definition) is 0. The lowest BCUT2D eigenvalue weighted by Gasteiger charge is -2.17. The quantitative estimate of drug-likeness (QED) is 0.560. The summed E-state index contributed by atoms with van der Waals surface area (Å²) in [5.74, 6) is 0. The van der Waals surface area contributed by atoms with Crippen LogP contribution >= 0.6 is 11.6 Å². The molecule has 0 fully saturated rings. The predicted octanol–water partition coefficient (Wildman–Crippen LogP) is 1.87. The molecule has 6 heteroatoms. The van der Waals surface area contributed by atoms with Crippen LogP contribution in [0, 0.1) is 0 Å². The van der Waals surface area contributed by atoms with E-state index in [1.807, 2.05) is 0 Å². The van der Waals surface area contributed by atoms with Crippen LogP contribution in [0.25, 0.3) is 0 Å². The summed E-state index contributed by atoms with van der Waals surface area (Å²) < 4.78 is 4.49. The second-order valence-corrected chi connectivity index (χ2v) is 2.62. The maximum atomic E-state index is 11.2. The Labute approximate surface area is 86.2 Å². The smallest absolute Gasteiger partial charge is 0.438 e. The van der Waals surface area contributed by atoms with Crippen LogP contribution < -0.4 is 5.06 Å². The van der Waals surface area contributed by atoms with E-state index in [1.165, 1.54) is 20.4 Å². The maximum Gasteiger partial charge on any atom is 0.438 e.